The number of hydrogen-bond donors (Lipinski definition) is 0. The Bertz CT molecular complexity index is 1210. The molecule has 4 aromatic rings. The number of anilines is 1. The maximum Gasteiger partial charge on any atom is 0.272 e. The minimum Gasteiger partial charge on any atom is -0.492 e. The van der Waals surface area contributed by atoms with Crippen LogP contribution in [0.25, 0.3) is 17.1 Å². The van der Waals surface area contributed by atoms with E-state index >= 15 is 0 Å². The van der Waals surface area contributed by atoms with Gasteiger partial charge in [-0.25, -0.2) is 4.68 Å². The average molecular weight is 443 g/mol. The molecule has 1 fully saturated rings. The Balaban J connectivity index is 1.38. The summed E-state index contributed by atoms with van der Waals surface area (Å²) in [5.41, 5.74) is 3.07. The molecule has 3 heterocycles. The van der Waals surface area contributed by atoms with Gasteiger partial charge in [-0.3, -0.25) is 4.79 Å². The third-order valence-electron chi connectivity index (χ3n) is 5.78. The summed E-state index contributed by atoms with van der Waals surface area (Å²) in [5, 5.41) is 4.68. The van der Waals surface area contributed by atoms with E-state index in [0.717, 1.165) is 30.2 Å². The first-order valence-corrected chi connectivity index (χ1v) is 11.2. The highest BCUT2D eigenvalue weighted by molar-refractivity contribution is 5.94. The SMILES string of the molecule is CCOc1ccccc1N1CCN(C(=O)c2cc(-c3ccco3)nn2-c2ccccc2)CC1. The molecule has 0 bridgehead atoms. The molecular weight excluding hydrogens is 416 g/mol. The molecule has 1 aliphatic rings. The molecule has 5 rings (SSSR count). The van der Waals surface area contributed by atoms with Crippen molar-refractivity contribution < 1.29 is 13.9 Å². The molecule has 7 nitrogen and oxygen atoms in total. The van der Waals surface area contributed by atoms with E-state index in [4.69, 9.17) is 9.15 Å². The summed E-state index contributed by atoms with van der Waals surface area (Å²) in [6, 6.07) is 23.2. The van der Waals surface area contributed by atoms with Crippen molar-refractivity contribution >= 4 is 11.6 Å². The van der Waals surface area contributed by atoms with Crippen molar-refractivity contribution in [3.05, 3.63) is 84.8 Å². The van der Waals surface area contributed by atoms with Gasteiger partial charge in [0.25, 0.3) is 5.91 Å². The largest absolute Gasteiger partial charge is 0.492 e. The van der Waals surface area contributed by atoms with E-state index in [9.17, 15) is 4.79 Å². The van der Waals surface area contributed by atoms with E-state index in [-0.39, 0.29) is 5.91 Å². The number of aromatic nitrogens is 2. The number of rotatable bonds is 6. The van der Waals surface area contributed by atoms with Gasteiger partial charge in [-0.1, -0.05) is 30.3 Å². The van der Waals surface area contributed by atoms with E-state index in [0.29, 0.717) is 36.8 Å². The van der Waals surface area contributed by atoms with Crippen molar-refractivity contribution in [1.29, 1.82) is 0 Å². The summed E-state index contributed by atoms with van der Waals surface area (Å²) >= 11 is 0. The van der Waals surface area contributed by atoms with Crippen LogP contribution in [0.5, 0.6) is 5.75 Å². The van der Waals surface area contributed by atoms with Crippen molar-refractivity contribution in [3.8, 4) is 22.9 Å². The van der Waals surface area contributed by atoms with Crippen LogP contribution in [0, 0.1) is 0 Å². The van der Waals surface area contributed by atoms with Crippen LogP contribution in [0.1, 0.15) is 17.4 Å². The molecule has 33 heavy (non-hydrogen) atoms. The highest BCUT2D eigenvalue weighted by atomic mass is 16.5. The number of benzene rings is 2. The van der Waals surface area contributed by atoms with E-state index in [2.05, 4.69) is 16.1 Å². The molecular formula is C26H26N4O3. The lowest BCUT2D eigenvalue weighted by atomic mass is 10.2. The first-order valence-electron chi connectivity index (χ1n) is 11.2. The smallest absolute Gasteiger partial charge is 0.272 e. The second-order valence-electron chi connectivity index (χ2n) is 7.82. The maximum atomic E-state index is 13.6. The Morgan fingerprint density at radius 3 is 2.45 bits per heavy atom. The molecule has 1 amide bonds. The number of ether oxygens (including phenoxy) is 1. The van der Waals surface area contributed by atoms with Gasteiger partial charge < -0.3 is 19.0 Å². The highest BCUT2D eigenvalue weighted by Gasteiger charge is 2.27. The fraction of sp³-hybridized carbons (Fsp3) is 0.231. The predicted octanol–water partition coefficient (Wildman–Crippen LogP) is 4.49. The zero-order valence-electron chi connectivity index (χ0n) is 18.6. The molecule has 0 atom stereocenters. The van der Waals surface area contributed by atoms with Crippen LogP contribution in [0.3, 0.4) is 0 Å². The zero-order chi connectivity index (χ0) is 22.6. The second-order valence-corrected chi connectivity index (χ2v) is 7.82. The summed E-state index contributed by atoms with van der Waals surface area (Å²) < 4.78 is 13.0. The quantitative estimate of drug-likeness (QED) is 0.440. The van der Waals surface area contributed by atoms with Crippen LogP contribution in [0.4, 0.5) is 5.69 Å². The van der Waals surface area contributed by atoms with E-state index in [1.165, 1.54) is 0 Å². The lowest BCUT2D eigenvalue weighted by Crippen LogP contribution is -2.49. The van der Waals surface area contributed by atoms with Crippen molar-refractivity contribution in [3.63, 3.8) is 0 Å². The van der Waals surface area contributed by atoms with Gasteiger partial charge in [0.15, 0.2) is 5.76 Å². The molecule has 0 saturated carbocycles. The molecule has 0 aliphatic carbocycles. The fourth-order valence-electron chi connectivity index (χ4n) is 4.15. The number of carbonyl (C=O) groups is 1. The minimum atomic E-state index is -0.0399. The summed E-state index contributed by atoms with van der Waals surface area (Å²) in [7, 11) is 0. The normalized spacial score (nSPS) is 13.8. The van der Waals surface area contributed by atoms with Crippen LogP contribution < -0.4 is 9.64 Å². The Morgan fingerprint density at radius 2 is 1.73 bits per heavy atom. The third kappa shape index (κ3) is 4.22. The molecule has 7 heteroatoms. The van der Waals surface area contributed by atoms with E-state index < -0.39 is 0 Å². The average Bonchev–Trinajstić information content (AvgIpc) is 3.55. The molecule has 0 unspecified atom stereocenters. The number of furan rings is 1. The maximum absolute atomic E-state index is 13.6. The van der Waals surface area contributed by atoms with Crippen molar-refractivity contribution in [1.82, 2.24) is 14.7 Å². The highest BCUT2D eigenvalue weighted by Crippen LogP contribution is 2.29. The molecule has 2 aromatic carbocycles. The zero-order valence-corrected chi connectivity index (χ0v) is 18.6. The Hall–Kier alpha value is -4.00. The van der Waals surface area contributed by atoms with Gasteiger partial charge in [0.2, 0.25) is 0 Å². The van der Waals surface area contributed by atoms with Gasteiger partial charge in [0.05, 0.1) is 24.2 Å². The topological polar surface area (TPSA) is 63.7 Å². The molecule has 1 saturated heterocycles. The van der Waals surface area contributed by atoms with Gasteiger partial charge in [0, 0.05) is 32.2 Å². The number of nitrogens with zero attached hydrogens (tertiary/aromatic N) is 4. The van der Waals surface area contributed by atoms with Gasteiger partial charge in [-0.05, 0) is 43.3 Å². The first-order chi connectivity index (χ1) is 16.2. The number of piperazine rings is 1. The first kappa shape index (κ1) is 20.9. The molecule has 168 valence electrons. The Kier molecular flexibility index (Phi) is 5.85. The van der Waals surface area contributed by atoms with Crippen molar-refractivity contribution in [2.24, 2.45) is 0 Å². The number of carbonyl (C=O) groups excluding carboxylic acids is 1. The van der Waals surface area contributed by atoms with Gasteiger partial charge in [0.1, 0.15) is 17.1 Å². The molecule has 0 spiro atoms. The van der Waals surface area contributed by atoms with E-state index in [1.54, 1.807) is 10.9 Å². The minimum absolute atomic E-state index is 0.0399. The second kappa shape index (κ2) is 9.24. The van der Waals surface area contributed by atoms with Crippen molar-refractivity contribution in [2.75, 3.05) is 37.7 Å². The van der Waals surface area contributed by atoms with Crippen LogP contribution in [0.2, 0.25) is 0 Å². The lowest BCUT2D eigenvalue weighted by Gasteiger charge is -2.36. The monoisotopic (exact) mass is 442 g/mol. The fourth-order valence-corrected chi connectivity index (χ4v) is 4.15. The summed E-state index contributed by atoms with van der Waals surface area (Å²) in [5.74, 6) is 1.48. The number of para-hydroxylation sites is 3. The van der Waals surface area contributed by atoms with E-state index in [1.807, 2.05) is 78.6 Å². The summed E-state index contributed by atoms with van der Waals surface area (Å²) in [4.78, 5) is 17.7. The van der Waals surface area contributed by atoms with Gasteiger partial charge in [-0.2, -0.15) is 5.10 Å². The van der Waals surface area contributed by atoms with Gasteiger partial charge >= 0.3 is 0 Å². The van der Waals surface area contributed by atoms with Crippen molar-refractivity contribution in [2.45, 2.75) is 6.92 Å². The number of amides is 1. The Labute approximate surface area is 192 Å². The predicted molar refractivity (Wildman–Crippen MR) is 127 cm³/mol. The van der Waals surface area contributed by atoms with Crippen LogP contribution in [-0.4, -0.2) is 53.4 Å². The van der Waals surface area contributed by atoms with Crippen LogP contribution in [-0.2, 0) is 0 Å². The molecule has 0 N–H and O–H groups in total. The third-order valence-corrected chi connectivity index (χ3v) is 5.78. The van der Waals surface area contributed by atoms with Crippen LogP contribution in [0.15, 0.2) is 83.5 Å². The van der Waals surface area contributed by atoms with Gasteiger partial charge in [-0.15, -0.1) is 0 Å². The molecule has 2 aromatic heterocycles. The Morgan fingerprint density at radius 1 is 0.970 bits per heavy atom. The lowest BCUT2D eigenvalue weighted by molar-refractivity contribution is 0.0737. The molecule has 1 aliphatic heterocycles. The summed E-state index contributed by atoms with van der Waals surface area (Å²) in [6.07, 6.45) is 1.61. The molecule has 0 radical (unpaired) electrons. The summed E-state index contributed by atoms with van der Waals surface area (Å²) in [6.45, 7) is 5.32. The number of hydrogen-bond acceptors (Lipinski definition) is 5. The van der Waals surface area contributed by atoms with Crippen LogP contribution >= 0.6 is 0 Å². The standard InChI is InChI=1S/C26H26N4O3/c1-2-32-25-12-7-6-11-22(25)28-14-16-29(17-15-28)26(31)23-19-21(24-13-8-18-33-24)27-30(23)20-9-4-3-5-10-20/h3-13,18-19H,2,14-17H2,1H3.